The number of aromatic amines is 1. The second-order valence-electron chi connectivity index (χ2n) is 5.85. The third-order valence-corrected chi connectivity index (χ3v) is 4.14. The smallest absolute Gasteiger partial charge is 0.355 e. The minimum Gasteiger partial charge on any atom is -0.508 e. The van der Waals surface area contributed by atoms with Crippen LogP contribution >= 0.6 is 0 Å². The summed E-state index contributed by atoms with van der Waals surface area (Å²) in [6, 6.07) is 6.32. The molecule has 0 amide bonds. The van der Waals surface area contributed by atoms with Crippen LogP contribution in [0.5, 0.6) is 5.75 Å². The molecule has 1 aliphatic heterocycles. The van der Waals surface area contributed by atoms with E-state index in [0.29, 0.717) is 26.1 Å². The largest absolute Gasteiger partial charge is 0.508 e. The average Bonchev–Trinajstić information content (AvgIpc) is 2.55. The minimum atomic E-state index is -0.573. The molecule has 2 aromatic rings. The molecule has 2 heterocycles. The van der Waals surface area contributed by atoms with Crippen LogP contribution < -0.4 is 16.7 Å². The maximum Gasteiger partial charge on any atom is 0.355 e. The Hall–Kier alpha value is -2.61. The van der Waals surface area contributed by atoms with Gasteiger partial charge in [0.05, 0.1) is 6.04 Å². The first-order valence-electron chi connectivity index (χ1n) is 7.90. The summed E-state index contributed by atoms with van der Waals surface area (Å²) in [5.41, 5.74) is -0.241. The quantitative estimate of drug-likeness (QED) is 0.775. The highest BCUT2D eigenvalue weighted by Gasteiger charge is 2.20. The molecule has 0 saturated carbocycles. The van der Waals surface area contributed by atoms with Crippen LogP contribution in [-0.4, -0.2) is 32.9 Å². The number of nitrogens with zero attached hydrogens (tertiary/aromatic N) is 2. The molecule has 0 radical (unpaired) electrons. The standard InChI is InChI=1S/C16H20N4O4/c1-10(11-3-2-4-13(21)9-11)17-14-18-15(22)20(16(23)19-14)12-5-7-24-8-6-12/h2-4,9-10,12,21H,5-8H2,1H3,(H2,17,18,19,22,23). The summed E-state index contributed by atoms with van der Waals surface area (Å²) < 4.78 is 6.41. The second-order valence-corrected chi connectivity index (χ2v) is 5.85. The molecule has 1 unspecified atom stereocenters. The molecule has 1 fully saturated rings. The van der Waals surface area contributed by atoms with Crippen molar-refractivity contribution < 1.29 is 9.84 Å². The SMILES string of the molecule is CC(Nc1nc(=O)n(C2CCOCC2)c(=O)[nH]1)c1cccc(O)c1. The molecule has 0 bridgehead atoms. The van der Waals surface area contributed by atoms with E-state index in [4.69, 9.17) is 4.74 Å². The molecule has 8 nitrogen and oxygen atoms in total. The Morgan fingerprint density at radius 1 is 1.38 bits per heavy atom. The number of H-pyrrole nitrogens is 1. The van der Waals surface area contributed by atoms with E-state index < -0.39 is 11.4 Å². The van der Waals surface area contributed by atoms with Gasteiger partial charge < -0.3 is 15.2 Å². The molecular weight excluding hydrogens is 312 g/mol. The first-order chi connectivity index (χ1) is 11.5. The number of phenolic OH excluding ortho intramolecular Hbond substituents is 1. The van der Waals surface area contributed by atoms with E-state index in [0.717, 1.165) is 10.1 Å². The lowest BCUT2D eigenvalue weighted by Crippen LogP contribution is -2.42. The van der Waals surface area contributed by atoms with Crippen LogP contribution in [0.15, 0.2) is 33.9 Å². The van der Waals surface area contributed by atoms with Crippen molar-refractivity contribution in [2.45, 2.75) is 31.8 Å². The predicted molar refractivity (Wildman–Crippen MR) is 88.4 cm³/mol. The molecule has 0 aliphatic carbocycles. The van der Waals surface area contributed by atoms with Gasteiger partial charge in [0.2, 0.25) is 5.95 Å². The lowest BCUT2D eigenvalue weighted by Gasteiger charge is -2.23. The summed E-state index contributed by atoms with van der Waals surface area (Å²) in [7, 11) is 0. The molecule has 0 spiro atoms. The normalized spacial score (nSPS) is 16.7. The predicted octanol–water partition coefficient (Wildman–Crippen LogP) is 1.16. The fraction of sp³-hybridized carbons (Fsp3) is 0.438. The number of benzene rings is 1. The van der Waals surface area contributed by atoms with E-state index in [2.05, 4.69) is 15.3 Å². The highest BCUT2D eigenvalue weighted by atomic mass is 16.5. The molecule has 3 N–H and O–H groups in total. The van der Waals surface area contributed by atoms with Crippen LogP contribution in [0.3, 0.4) is 0 Å². The van der Waals surface area contributed by atoms with Gasteiger partial charge in [-0.05, 0) is 37.5 Å². The number of anilines is 1. The molecule has 1 aromatic carbocycles. The molecular formula is C16H20N4O4. The monoisotopic (exact) mass is 332 g/mol. The zero-order valence-electron chi connectivity index (χ0n) is 13.4. The van der Waals surface area contributed by atoms with Crippen molar-refractivity contribution >= 4 is 5.95 Å². The summed E-state index contributed by atoms with van der Waals surface area (Å²) in [5.74, 6) is 0.265. The molecule has 1 saturated heterocycles. The van der Waals surface area contributed by atoms with Crippen molar-refractivity contribution in [1.82, 2.24) is 14.5 Å². The zero-order chi connectivity index (χ0) is 17.1. The van der Waals surface area contributed by atoms with Crippen LogP contribution in [0, 0.1) is 0 Å². The maximum atomic E-state index is 12.3. The Bertz CT molecular complexity index is 792. The van der Waals surface area contributed by atoms with Crippen LogP contribution in [0.4, 0.5) is 5.95 Å². The Kier molecular flexibility index (Phi) is 4.66. The van der Waals surface area contributed by atoms with Gasteiger partial charge in [-0.15, -0.1) is 0 Å². The molecule has 128 valence electrons. The Labute approximate surface area is 138 Å². The number of aromatic nitrogens is 3. The van der Waals surface area contributed by atoms with Crippen molar-refractivity contribution in [3.05, 3.63) is 50.8 Å². The number of rotatable bonds is 4. The fourth-order valence-corrected chi connectivity index (χ4v) is 2.84. The van der Waals surface area contributed by atoms with Crippen molar-refractivity contribution in [3.8, 4) is 5.75 Å². The molecule has 3 rings (SSSR count). The molecule has 24 heavy (non-hydrogen) atoms. The molecule has 1 aliphatic rings. The number of aromatic hydroxyl groups is 1. The van der Waals surface area contributed by atoms with Gasteiger partial charge in [0.15, 0.2) is 0 Å². The summed E-state index contributed by atoms with van der Waals surface area (Å²) in [6.07, 6.45) is 1.24. The van der Waals surface area contributed by atoms with Gasteiger partial charge in [0.25, 0.3) is 0 Å². The first-order valence-corrected chi connectivity index (χ1v) is 7.90. The van der Waals surface area contributed by atoms with Gasteiger partial charge in [-0.25, -0.2) is 14.2 Å². The van der Waals surface area contributed by atoms with Gasteiger partial charge in [-0.1, -0.05) is 12.1 Å². The van der Waals surface area contributed by atoms with E-state index in [1.165, 1.54) is 0 Å². The summed E-state index contributed by atoms with van der Waals surface area (Å²) in [6.45, 7) is 2.91. The number of hydrogen-bond donors (Lipinski definition) is 3. The van der Waals surface area contributed by atoms with E-state index >= 15 is 0 Å². The Morgan fingerprint density at radius 2 is 2.12 bits per heavy atom. The second kappa shape index (κ2) is 6.88. The average molecular weight is 332 g/mol. The molecule has 8 heteroatoms. The van der Waals surface area contributed by atoms with Crippen molar-refractivity contribution in [2.75, 3.05) is 18.5 Å². The zero-order valence-corrected chi connectivity index (χ0v) is 13.4. The van der Waals surface area contributed by atoms with Gasteiger partial charge in [-0.2, -0.15) is 4.98 Å². The first kappa shape index (κ1) is 16.3. The van der Waals surface area contributed by atoms with E-state index in [-0.39, 0.29) is 23.8 Å². The molecule has 1 aromatic heterocycles. The fourth-order valence-electron chi connectivity index (χ4n) is 2.84. The third kappa shape index (κ3) is 3.48. The lowest BCUT2D eigenvalue weighted by molar-refractivity contribution is 0.0670. The number of ether oxygens (including phenoxy) is 1. The van der Waals surface area contributed by atoms with Crippen molar-refractivity contribution in [2.24, 2.45) is 0 Å². The van der Waals surface area contributed by atoms with E-state index in [1.54, 1.807) is 18.2 Å². The lowest BCUT2D eigenvalue weighted by atomic mass is 10.1. The minimum absolute atomic E-state index is 0.115. The maximum absolute atomic E-state index is 12.3. The summed E-state index contributed by atoms with van der Waals surface area (Å²) in [5, 5.41) is 12.5. The van der Waals surface area contributed by atoms with Crippen LogP contribution in [0.25, 0.3) is 0 Å². The molecule has 1 atom stereocenters. The van der Waals surface area contributed by atoms with Gasteiger partial charge >= 0.3 is 11.4 Å². The van der Waals surface area contributed by atoms with Crippen molar-refractivity contribution in [3.63, 3.8) is 0 Å². The Balaban J connectivity index is 1.82. The Morgan fingerprint density at radius 3 is 2.79 bits per heavy atom. The van der Waals surface area contributed by atoms with Gasteiger partial charge in [0, 0.05) is 19.3 Å². The van der Waals surface area contributed by atoms with Gasteiger partial charge in [0.1, 0.15) is 5.75 Å². The number of phenols is 1. The van der Waals surface area contributed by atoms with Gasteiger partial charge in [-0.3, -0.25) is 4.98 Å². The van der Waals surface area contributed by atoms with Crippen LogP contribution in [0.1, 0.15) is 37.4 Å². The topological polar surface area (TPSA) is 109 Å². The van der Waals surface area contributed by atoms with E-state index in [9.17, 15) is 14.7 Å². The van der Waals surface area contributed by atoms with E-state index in [1.807, 2.05) is 13.0 Å². The van der Waals surface area contributed by atoms with Crippen molar-refractivity contribution in [1.29, 1.82) is 0 Å². The highest BCUT2D eigenvalue weighted by molar-refractivity contribution is 5.34. The van der Waals surface area contributed by atoms with Crippen LogP contribution in [-0.2, 0) is 4.74 Å². The highest BCUT2D eigenvalue weighted by Crippen LogP contribution is 2.20. The summed E-state index contributed by atoms with van der Waals surface area (Å²) >= 11 is 0. The van der Waals surface area contributed by atoms with Crippen LogP contribution in [0.2, 0.25) is 0 Å². The summed E-state index contributed by atoms with van der Waals surface area (Å²) in [4.78, 5) is 31.1. The number of nitrogens with one attached hydrogen (secondary N) is 2. The number of hydrogen-bond acceptors (Lipinski definition) is 6. The third-order valence-electron chi connectivity index (χ3n) is 4.14.